The van der Waals surface area contributed by atoms with Gasteiger partial charge in [0.25, 0.3) is 0 Å². The van der Waals surface area contributed by atoms with E-state index in [1.54, 1.807) is 0 Å². The Balaban J connectivity index is 1.78. The van der Waals surface area contributed by atoms with Crippen LogP contribution in [0, 0.1) is 11.3 Å². The van der Waals surface area contributed by atoms with E-state index in [0.29, 0.717) is 11.5 Å². The van der Waals surface area contributed by atoms with Gasteiger partial charge in [-0.2, -0.15) is 0 Å². The summed E-state index contributed by atoms with van der Waals surface area (Å²) < 4.78 is 0. The van der Waals surface area contributed by atoms with Gasteiger partial charge in [0.15, 0.2) is 0 Å². The first-order valence-electron chi connectivity index (χ1n) is 7.47. The molecule has 0 aromatic rings. The lowest BCUT2D eigenvalue weighted by molar-refractivity contribution is -0.124. The van der Waals surface area contributed by atoms with Crippen LogP contribution < -0.4 is 11.1 Å². The van der Waals surface area contributed by atoms with E-state index in [2.05, 4.69) is 26.1 Å². The van der Waals surface area contributed by atoms with Gasteiger partial charge < -0.3 is 11.1 Å². The van der Waals surface area contributed by atoms with Crippen molar-refractivity contribution in [2.45, 2.75) is 77.3 Å². The van der Waals surface area contributed by atoms with Crippen molar-refractivity contribution in [3.05, 3.63) is 0 Å². The van der Waals surface area contributed by atoms with Gasteiger partial charge in [-0.3, -0.25) is 4.79 Å². The average molecular weight is 252 g/mol. The zero-order valence-electron chi connectivity index (χ0n) is 12.1. The van der Waals surface area contributed by atoms with Crippen LogP contribution in [0.2, 0.25) is 0 Å². The highest BCUT2D eigenvalue weighted by Gasteiger charge is 2.46. The largest absolute Gasteiger partial charge is 0.352 e. The molecule has 1 amide bonds. The SMILES string of the molecule is CCC(C)(C)C1CCC(NC(=O)C2(N)CC2)CC1. The lowest BCUT2D eigenvalue weighted by atomic mass is 9.69. The maximum Gasteiger partial charge on any atom is 0.240 e. The molecule has 0 radical (unpaired) electrons. The van der Waals surface area contributed by atoms with Crippen LogP contribution in [-0.2, 0) is 4.79 Å². The molecule has 0 aromatic carbocycles. The predicted molar refractivity (Wildman–Crippen MR) is 74.1 cm³/mol. The smallest absolute Gasteiger partial charge is 0.240 e. The highest BCUT2D eigenvalue weighted by molar-refractivity contribution is 5.89. The van der Waals surface area contributed by atoms with Gasteiger partial charge in [-0.05, 0) is 49.9 Å². The van der Waals surface area contributed by atoms with Crippen molar-refractivity contribution in [1.82, 2.24) is 5.32 Å². The molecule has 0 atom stereocenters. The van der Waals surface area contributed by atoms with Crippen LogP contribution in [0.25, 0.3) is 0 Å². The second-order valence-corrected chi connectivity index (χ2v) is 7.02. The van der Waals surface area contributed by atoms with Crippen molar-refractivity contribution in [2.24, 2.45) is 17.1 Å². The first-order valence-corrected chi connectivity index (χ1v) is 7.47. The normalized spacial score (nSPS) is 30.9. The maximum atomic E-state index is 11.9. The molecule has 2 saturated carbocycles. The van der Waals surface area contributed by atoms with Crippen LogP contribution in [0.4, 0.5) is 0 Å². The van der Waals surface area contributed by atoms with Gasteiger partial charge in [0.05, 0.1) is 5.54 Å². The Morgan fingerprint density at radius 1 is 1.28 bits per heavy atom. The number of carbonyl (C=O) groups excluding carboxylic acids is 1. The molecule has 0 heterocycles. The molecule has 0 aliphatic heterocycles. The fraction of sp³-hybridized carbons (Fsp3) is 0.933. The summed E-state index contributed by atoms with van der Waals surface area (Å²) in [5, 5.41) is 3.15. The second kappa shape index (κ2) is 4.84. The Morgan fingerprint density at radius 2 is 1.83 bits per heavy atom. The minimum atomic E-state index is -0.514. The number of carbonyl (C=O) groups is 1. The van der Waals surface area contributed by atoms with Gasteiger partial charge in [0.2, 0.25) is 5.91 Å². The van der Waals surface area contributed by atoms with E-state index >= 15 is 0 Å². The summed E-state index contributed by atoms with van der Waals surface area (Å²) in [4.78, 5) is 11.9. The van der Waals surface area contributed by atoms with Gasteiger partial charge in [-0.15, -0.1) is 0 Å². The van der Waals surface area contributed by atoms with E-state index in [0.717, 1.165) is 31.6 Å². The Labute approximate surface area is 111 Å². The minimum Gasteiger partial charge on any atom is -0.352 e. The Morgan fingerprint density at radius 3 is 2.28 bits per heavy atom. The summed E-state index contributed by atoms with van der Waals surface area (Å²) in [5.74, 6) is 0.893. The predicted octanol–water partition coefficient (Wildman–Crippen LogP) is 2.59. The molecule has 3 nitrogen and oxygen atoms in total. The van der Waals surface area contributed by atoms with Crippen molar-refractivity contribution in [3.8, 4) is 0 Å². The lowest BCUT2D eigenvalue weighted by Gasteiger charge is -2.39. The number of amides is 1. The van der Waals surface area contributed by atoms with Crippen LogP contribution in [0.1, 0.15) is 65.7 Å². The number of nitrogens with one attached hydrogen (secondary N) is 1. The topological polar surface area (TPSA) is 55.1 Å². The third-order valence-electron chi connectivity index (χ3n) is 5.32. The van der Waals surface area contributed by atoms with E-state index < -0.39 is 5.54 Å². The molecule has 2 rings (SSSR count). The van der Waals surface area contributed by atoms with E-state index in [1.165, 1.54) is 19.3 Å². The molecule has 3 heteroatoms. The van der Waals surface area contributed by atoms with Gasteiger partial charge in [-0.25, -0.2) is 0 Å². The van der Waals surface area contributed by atoms with E-state index in [4.69, 9.17) is 5.73 Å². The van der Waals surface area contributed by atoms with Crippen molar-refractivity contribution < 1.29 is 4.79 Å². The molecule has 0 bridgehead atoms. The molecule has 0 saturated heterocycles. The minimum absolute atomic E-state index is 0.0840. The monoisotopic (exact) mass is 252 g/mol. The molecular formula is C15H28N2O. The maximum absolute atomic E-state index is 11.9. The zero-order chi connectivity index (χ0) is 13.4. The van der Waals surface area contributed by atoms with Crippen LogP contribution >= 0.6 is 0 Å². The van der Waals surface area contributed by atoms with Crippen molar-refractivity contribution in [2.75, 3.05) is 0 Å². The van der Waals surface area contributed by atoms with Crippen molar-refractivity contribution >= 4 is 5.91 Å². The molecule has 2 fully saturated rings. The number of hydrogen-bond donors (Lipinski definition) is 2. The first kappa shape index (κ1) is 13.9. The van der Waals surface area contributed by atoms with Gasteiger partial charge in [-0.1, -0.05) is 27.2 Å². The highest BCUT2D eigenvalue weighted by Crippen LogP contribution is 2.40. The molecule has 18 heavy (non-hydrogen) atoms. The van der Waals surface area contributed by atoms with E-state index in [1.807, 2.05) is 0 Å². The lowest BCUT2D eigenvalue weighted by Crippen LogP contribution is -2.48. The molecular weight excluding hydrogens is 224 g/mol. The number of hydrogen-bond acceptors (Lipinski definition) is 2. The fourth-order valence-electron chi connectivity index (χ4n) is 3.00. The summed E-state index contributed by atoms with van der Waals surface area (Å²) in [5.41, 5.74) is 5.84. The van der Waals surface area contributed by atoms with Crippen LogP contribution in [0.5, 0.6) is 0 Å². The Kier molecular flexibility index (Phi) is 3.72. The first-order chi connectivity index (χ1) is 8.37. The second-order valence-electron chi connectivity index (χ2n) is 7.02. The highest BCUT2D eigenvalue weighted by atomic mass is 16.2. The third kappa shape index (κ3) is 2.87. The van der Waals surface area contributed by atoms with Gasteiger partial charge >= 0.3 is 0 Å². The Bertz CT molecular complexity index is 312. The summed E-state index contributed by atoms with van der Waals surface area (Å²) in [6.45, 7) is 7.02. The van der Waals surface area contributed by atoms with Crippen molar-refractivity contribution in [3.63, 3.8) is 0 Å². The van der Waals surface area contributed by atoms with E-state index in [9.17, 15) is 4.79 Å². The summed E-state index contributed by atoms with van der Waals surface area (Å²) >= 11 is 0. The summed E-state index contributed by atoms with van der Waals surface area (Å²) in [6.07, 6.45) is 7.67. The number of nitrogens with two attached hydrogens (primary N) is 1. The molecule has 104 valence electrons. The fourth-order valence-corrected chi connectivity index (χ4v) is 3.00. The van der Waals surface area contributed by atoms with E-state index in [-0.39, 0.29) is 5.91 Å². The van der Waals surface area contributed by atoms with Gasteiger partial charge in [0.1, 0.15) is 0 Å². The molecule has 2 aliphatic carbocycles. The quantitative estimate of drug-likeness (QED) is 0.808. The third-order valence-corrected chi connectivity index (χ3v) is 5.32. The molecule has 0 aromatic heterocycles. The standard InChI is InChI=1S/C15H28N2O/c1-4-14(2,3)11-5-7-12(8-6-11)17-13(18)15(16)9-10-15/h11-12H,4-10,16H2,1-3H3,(H,17,18). The van der Waals surface area contributed by atoms with Crippen LogP contribution in [0.3, 0.4) is 0 Å². The summed E-state index contributed by atoms with van der Waals surface area (Å²) in [7, 11) is 0. The Hall–Kier alpha value is -0.570. The molecule has 3 N–H and O–H groups in total. The molecule has 0 spiro atoms. The number of rotatable bonds is 4. The summed E-state index contributed by atoms with van der Waals surface area (Å²) in [6, 6.07) is 0.363. The average Bonchev–Trinajstić information content (AvgIpc) is 3.09. The molecule has 0 unspecified atom stereocenters. The van der Waals surface area contributed by atoms with Gasteiger partial charge in [0, 0.05) is 6.04 Å². The van der Waals surface area contributed by atoms with Crippen molar-refractivity contribution in [1.29, 1.82) is 0 Å². The van der Waals surface area contributed by atoms with Crippen LogP contribution in [0.15, 0.2) is 0 Å². The zero-order valence-corrected chi connectivity index (χ0v) is 12.1. The van der Waals surface area contributed by atoms with Crippen LogP contribution in [-0.4, -0.2) is 17.5 Å². The molecule has 2 aliphatic rings.